The Morgan fingerprint density at radius 2 is 1.83 bits per heavy atom. The van der Waals surface area contributed by atoms with Gasteiger partial charge >= 0.3 is 0 Å². The van der Waals surface area contributed by atoms with Gasteiger partial charge in [0.15, 0.2) is 5.78 Å². The number of aryl methyl sites for hydroxylation is 2. The molecule has 4 nitrogen and oxygen atoms in total. The lowest BCUT2D eigenvalue weighted by molar-refractivity contribution is -0.115. The van der Waals surface area contributed by atoms with E-state index in [1.165, 1.54) is 0 Å². The standard InChI is InChI=1S/C14H12N2O2/c1-7-3-9-5-10-12(17)6-13(18)16-14(10)15-11(9)4-8(7)2/h3-5H,6H2,1-2H3,(H,15,16,18). The Balaban J connectivity index is 2.30. The topological polar surface area (TPSA) is 59.1 Å². The Morgan fingerprint density at radius 3 is 2.61 bits per heavy atom. The number of amides is 1. The van der Waals surface area contributed by atoms with Gasteiger partial charge in [0.2, 0.25) is 5.91 Å². The number of pyridine rings is 1. The Labute approximate surface area is 104 Å². The lowest BCUT2D eigenvalue weighted by Crippen LogP contribution is -2.25. The van der Waals surface area contributed by atoms with Crippen LogP contribution < -0.4 is 5.32 Å². The molecular formula is C14H12N2O2. The molecule has 0 unspecified atom stereocenters. The second-order valence-electron chi connectivity index (χ2n) is 4.66. The molecule has 18 heavy (non-hydrogen) atoms. The molecule has 1 N–H and O–H groups in total. The van der Waals surface area contributed by atoms with Crippen LogP contribution in [0.2, 0.25) is 0 Å². The Kier molecular flexibility index (Phi) is 2.20. The first-order chi connectivity index (χ1) is 8.54. The van der Waals surface area contributed by atoms with Crippen molar-refractivity contribution in [1.82, 2.24) is 4.98 Å². The van der Waals surface area contributed by atoms with E-state index in [1.54, 1.807) is 0 Å². The molecule has 4 heteroatoms. The van der Waals surface area contributed by atoms with Crippen LogP contribution in [0.4, 0.5) is 5.82 Å². The summed E-state index contributed by atoms with van der Waals surface area (Å²) in [4.78, 5) is 27.5. The van der Waals surface area contributed by atoms with Gasteiger partial charge in [0, 0.05) is 5.39 Å². The number of anilines is 1. The van der Waals surface area contributed by atoms with E-state index in [1.807, 2.05) is 32.0 Å². The van der Waals surface area contributed by atoms with E-state index in [0.717, 1.165) is 22.0 Å². The van der Waals surface area contributed by atoms with E-state index >= 15 is 0 Å². The van der Waals surface area contributed by atoms with E-state index in [0.29, 0.717) is 11.4 Å². The second kappa shape index (κ2) is 3.63. The quantitative estimate of drug-likeness (QED) is 0.719. The van der Waals surface area contributed by atoms with Crippen LogP contribution in [0.15, 0.2) is 18.2 Å². The zero-order valence-electron chi connectivity index (χ0n) is 10.2. The van der Waals surface area contributed by atoms with Crippen molar-refractivity contribution in [3.05, 3.63) is 34.9 Å². The van der Waals surface area contributed by atoms with E-state index in [-0.39, 0.29) is 18.1 Å². The van der Waals surface area contributed by atoms with Gasteiger partial charge in [-0.25, -0.2) is 4.98 Å². The first kappa shape index (κ1) is 10.9. The maximum Gasteiger partial charge on any atom is 0.233 e. The maximum atomic E-state index is 11.8. The normalized spacial score (nSPS) is 14.6. The molecule has 2 aromatic rings. The number of rotatable bonds is 0. The second-order valence-corrected chi connectivity index (χ2v) is 4.66. The van der Waals surface area contributed by atoms with Crippen molar-refractivity contribution in [3.8, 4) is 0 Å². The van der Waals surface area contributed by atoms with Crippen molar-refractivity contribution >= 4 is 28.4 Å². The summed E-state index contributed by atoms with van der Waals surface area (Å²) in [6.07, 6.45) is -0.0922. The van der Waals surface area contributed by atoms with Crippen LogP contribution >= 0.6 is 0 Å². The fraction of sp³-hybridized carbons (Fsp3) is 0.214. The third-order valence-corrected chi connectivity index (χ3v) is 3.31. The summed E-state index contributed by atoms with van der Waals surface area (Å²) in [5.74, 6) is -0.0726. The number of nitrogens with one attached hydrogen (secondary N) is 1. The number of carbonyl (C=O) groups is 2. The fourth-order valence-corrected chi connectivity index (χ4v) is 2.17. The smallest absolute Gasteiger partial charge is 0.233 e. The molecule has 0 saturated heterocycles. The first-order valence-electron chi connectivity index (χ1n) is 5.79. The summed E-state index contributed by atoms with van der Waals surface area (Å²) in [6, 6.07) is 5.80. The number of fused-ring (bicyclic) bond motifs is 2. The number of Topliss-reactive ketones (excluding diaryl/α,β-unsaturated/α-hetero) is 1. The van der Waals surface area contributed by atoms with E-state index in [9.17, 15) is 9.59 Å². The highest BCUT2D eigenvalue weighted by atomic mass is 16.2. The van der Waals surface area contributed by atoms with E-state index < -0.39 is 0 Å². The van der Waals surface area contributed by atoms with Crippen LogP contribution in [0.25, 0.3) is 10.9 Å². The molecule has 0 bridgehead atoms. The number of nitrogens with zero attached hydrogens (tertiary/aromatic N) is 1. The zero-order valence-corrected chi connectivity index (χ0v) is 10.2. The molecule has 1 aromatic heterocycles. The van der Waals surface area contributed by atoms with Gasteiger partial charge in [-0.05, 0) is 43.2 Å². The van der Waals surface area contributed by atoms with Crippen LogP contribution in [-0.4, -0.2) is 16.7 Å². The summed E-state index contributed by atoms with van der Waals surface area (Å²) in [5, 5.41) is 3.58. The molecule has 3 rings (SSSR count). The molecule has 0 radical (unpaired) electrons. The minimum absolute atomic E-state index is 0.0922. The summed E-state index contributed by atoms with van der Waals surface area (Å²) in [7, 11) is 0. The summed E-state index contributed by atoms with van der Waals surface area (Å²) < 4.78 is 0. The van der Waals surface area contributed by atoms with Crippen LogP contribution in [0.3, 0.4) is 0 Å². The number of aromatic nitrogens is 1. The molecule has 1 aliphatic rings. The predicted octanol–water partition coefficient (Wildman–Crippen LogP) is 2.38. The van der Waals surface area contributed by atoms with Crippen molar-refractivity contribution in [2.45, 2.75) is 20.3 Å². The molecule has 1 aromatic carbocycles. The average Bonchev–Trinajstić information content (AvgIpc) is 2.29. The van der Waals surface area contributed by atoms with Crippen molar-refractivity contribution < 1.29 is 9.59 Å². The number of hydrogen-bond acceptors (Lipinski definition) is 3. The SMILES string of the molecule is Cc1cc2cc3c(nc2cc1C)NC(=O)CC3=O. The van der Waals surface area contributed by atoms with Gasteiger partial charge in [-0.1, -0.05) is 0 Å². The average molecular weight is 240 g/mol. The first-order valence-corrected chi connectivity index (χ1v) is 5.79. The third-order valence-electron chi connectivity index (χ3n) is 3.31. The number of hydrogen-bond donors (Lipinski definition) is 1. The van der Waals surface area contributed by atoms with Gasteiger partial charge in [0.1, 0.15) is 5.82 Å². The largest absolute Gasteiger partial charge is 0.310 e. The zero-order chi connectivity index (χ0) is 12.9. The summed E-state index contributed by atoms with van der Waals surface area (Å²) in [6.45, 7) is 4.04. The van der Waals surface area contributed by atoms with Crippen molar-refractivity contribution in [3.63, 3.8) is 0 Å². The Hall–Kier alpha value is -2.23. The van der Waals surface area contributed by atoms with Gasteiger partial charge < -0.3 is 5.32 Å². The molecule has 2 heterocycles. The number of ketones is 1. The van der Waals surface area contributed by atoms with Gasteiger partial charge in [0.25, 0.3) is 0 Å². The van der Waals surface area contributed by atoms with Gasteiger partial charge in [0.05, 0.1) is 17.5 Å². The number of carbonyl (C=O) groups excluding carboxylic acids is 2. The van der Waals surface area contributed by atoms with Gasteiger partial charge in [-0.3, -0.25) is 9.59 Å². The Morgan fingerprint density at radius 1 is 1.11 bits per heavy atom. The highest BCUT2D eigenvalue weighted by Crippen LogP contribution is 2.26. The molecular weight excluding hydrogens is 228 g/mol. The minimum Gasteiger partial charge on any atom is -0.310 e. The lowest BCUT2D eigenvalue weighted by Gasteiger charge is -2.16. The predicted molar refractivity (Wildman–Crippen MR) is 68.8 cm³/mol. The molecule has 90 valence electrons. The molecule has 0 saturated carbocycles. The van der Waals surface area contributed by atoms with Crippen molar-refractivity contribution in [2.75, 3.05) is 5.32 Å². The van der Waals surface area contributed by atoms with Crippen LogP contribution in [0.1, 0.15) is 27.9 Å². The van der Waals surface area contributed by atoms with Crippen molar-refractivity contribution in [1.29, 1.82) is 0 Å². The lowest BCUT2D eigenvalue weighted by atomic mass is 10.0. The van der Waals surface area contributed by atoms with Gasteiger partial charge in [-0.15, -0.1) is 0 Å². The van der Waals surface area contributed by atoms with Gasteiger partial charge in [-0.2, -0.15) is 0 Å². The monoisotopic (exact) mass is 240 g/mol. The molecule has 0 aliphatic carbocycles. The molecule has 0 atom stereocenters. The summed E-state index contributed by atoms with van der Waals surface area (Å²) >= 11 is 0. The highest BCUT2D eigenvalue weighted by Gasteiger charge is 2.24. The van der Waals surface area contributed by atoms with Crippen LogP contribution in [0, 0.1) is 13.8 Å². The van der Waals surface area contributed by atoms with Crippen LogP contribution in [0.5, 0.6) is 0 Å². The van der Waals surface area contributed by atoms with Crippen molar-refractivity contribution in [2.24, 2.45) is 0 Å². The Bertz CT molecular complexity index is 704. The molecule has 0 spiro atoms. The highest BCUT2D eigenvalue weighted by molar-refractivity contribution is 6.19. The molecule has 1 amide bonds. The molecule has 0 fully saturated rings. The fourth-order valence-electron chi connectivity index (χ4n) is 2.17. The molecule has 1 aliphatic heterocycles. The minimum atomic E-state index is -0.289. The summed E-state index contributed by atoms with van der Waals surface area (Å²) in [5.41, 5.74) is 3.61. The van der Waals surface area contributed by atoms with Crippen LogP contribution in [-0.2, 0) is 4.79 Å². The third kappa shape index (κ3) is 1.57. The maximum absolute atomic E-state index is 11.8. The number of benzene rings is 1. The van der Waals surface area contributed by atoms with E-state index in [2.05, 4.69) is 10.3 Å². The van der Waals surface area contributed by atoms with E-state index in [4.69, 9.17) is 0 Å².